The van der Waals surface area contributed by atoms with Crippen molar-refractivity contribution < 1.29 is 4.74 Å². The number of hydrogen-bond acceptors (Lipinski definition) is 6. The molecule has 6 atom stereocenters. The van der Waals surface area contributed by atoms with Crippen LogP contribution in [0.5, 0.6) is 0 Å². The predicted molar refractivity (Wildman–Crippen MR) is 140 cm³/mol. The molecule has 1 spiro atoms. The first kappa shape index (κ1) is 23.7. The van der Waals surface area contributed by atoms with Crippen molar-refractivity contribution in [1.29, 1.82) is 0 Å². The SMILES string of the molecule is Cc1cccc(C)c1C1CC2NC(NSC3CCCC(C3)CN(C3CC4(CC4)C3)[C@H](C)CO2)N1. The highest BCUT2D eigenvalue weighted by Crippen LogP contribution is 2.62. The maximum absolute atomic E-state index is 6.66. The van der Waals surface area contributed by atoms with Gasteiger partial charge in [-0.25, -0.2) is 4.72 Å². The molecule has 5 nitrogen and oxygen atoms in total. The van der Waals surface area contributed by atoms with Crippen LogP contribution in [0.15, 0.2) is 18.2 Å². The van der Waals surface area contributed by atoms with Gasteiger partial charge in [0.2, 0.25) is 0 Å². The summed E-state index contributed by atoms with van der Waals surface area (Å²) in [5, 5.41) is 8.30. The summed E-state index contributed by atoms with van der Waals surface area (Å²) in [5.41, 5.74) is 4.94. The molecule has 1 aromatic carbocycles. The van der Waals surface area contributed by atoms with Crippen molar-refractivity contribution in [3.8, 4) is 0 Å². The Labute approximate surface area is 210 Å². The molecule has 0 aromatic heterocycles. The second-order valence-corrected chi connectivity index (χ2v) is 13.3. The number of aryl methyl sites for hydroxylation is 2. The van der Waals surface area contributed by atoms with Crippen LogP contribution in [-0.2, 0) is 4.74 Å². The molecule has 5 aliphatic rings. The molecule has 3 saturated carbocycles. The Bertz CT molecular complexity index is 848. The second kappa shape index (κ2) is 9.68. The van der Waals surface area contributed by atoms with Gasteiger partial charge in [0.15, 0.2) is 0 Å². The van der Waals surface area contributed by atoms with Crippen LogP contribution in [0.2, 0.25) is 0 Å². The van der Waals surface area contributed by atoms with E-state index in [0.717, 1.165) is 30.4 Å². The minimum atomic E-state index is 0.0571. The summed E-state index contributed by atoms with van der Waals surface area (Å²) in [4.78, 5) is 2.87. The van der Waals surface area contributed by atoms with Gasteiger partial charge in [-0.05, 0) is 93.7 Å². The van der Waals surface area contributed by atoms with Gasteiger partial charge in [0.05, 0.1) is 6.61 Å². The van der Waals surface area contributed by atoms with Crippen molar-refractivity contribution >= 4 is 11.9 Å². The molecular formula is C28H44N4OS. The number of fused-ring (bicyclic) bond motifs is 4. The molecular weight excluding hydrogens is 440 g/mol. The van der Waals surface area contributed by atoms with Crippen LogP contribution in [0.4, 0.5) is 0 Å². The highest BCUT2D eigenvalue weighted by atomic mass is 32.2. The summed E-state index contributed by atoms with van der Waals surface area (Å²) in [5.74, 6) is 0.828. The summed E-state index contributed by atoms with van der Waals surface area (Å²) < 4.78 is 10.4. The first-order valence-corrected chi connectivity index (χ1v) is 14.7. The number of benzene rings is 1. The van der Waals surface area contributed by atoms with Crippen LogP contribution in [0.3, 0.4) is 0 Å². The van der Waals surface area contributed by atoms with Crippen molar-refractivity contribution in [2.45, 2.75) is 114 Å². The molecule has 2 heterocycles. The Kier molecular flexibility index (Phi) is 6.76. The third kappa shape index (κ3) is 4.96. The van der Waals surface area contributed by atoms with E-state index >= 15 is 0 Å². The van der Waals surface area contributed by atoms with Crippen molar-refractivity contribution in [3.63, 3.8) is 0 Å². The van der Waals surface area contributed by atoms with Gasteiger partial charge in [-0.3, -0.25) is 15.5 Å². The Morgan fingerprint density at radius 3 is 2.62 bits per heavy atom. The third-order valence-corrected chi connectivity index (χ3v) is 10.6. The molecule has 3 aliphatic carbocycles. The van der Waals surface area contributed by atoms with Gasteiger partial charge in [-0.15, -0.1) is 0 Å². The Hall–Kier alpha value is -0.630. The van der Waals surface area contributed by atoms with E-state index in [-0.39, 0.29) is 12.5 Å². The van der Waals surface area contributed by atoms with E-state index < -0.39 is 0 Å². The molecule has 2 aliphatic heterocycles. The molecule has 2 saturated heterocycles. The van der Waals surface area contributed by atoms with Crippen LogP contribution in [0.1, 0.15) is 87.4 Å². The van der Waals surface area contributed by atoms with E-state index in [1.165, 1.54) is 74.6 Å². The molecule has 6 heteroatoms. The topological polar surface area (TPSA) is 48.6 Å². The van der Waals surface area contributed by atoms with Gasteiger partial charge in [0, 0.05) is 36.3 Å². The average Bonchev–Trinajstić information content (AvgIpc) is 3.60. The third-order valence-electron chi connectivity index (χ3n) is 9.49. The van der Waals surface area contributed by atoms with Crippen LogP contribution in [0.25, 0.3) is 0 Å². The van der Waals surface area contributed by atoms with Crippen molar-refractivity contribution in [1.82, 2.24) is 20.3 Å². The fourth-order valence-corrected chi connectivity index (χ4v) is 8.44. The van der Waals surface area contributed by atoms with Crippen LogP contribution in [0, 0.1) is 25.2 Å². The Morgan fingerprint density at radius 2 is 1.85 bits per heavy atom. The minimum absolute atomic E-state index is 0.0571. The van der Waals surface area contributed by atoms with Gasteiger partial charge in [0.1, 0.15) is 12.5 Å². The summed E-state index contributed by atoms with van der Waals surface area (Å²) in [6.07, 6.45) is 12.4. The lowest BCUT2D eigenvalue weighted by atomic mass is 9.75. The van der Waals surface area contributed by atoms with E-state index in [4.69, 9.17) is 4.74 Å². The molecule has 0 radical (unpaired) electrons. The quantitative estimate of drug-likeness (QED) is 0.514. The molecule has 6 rings (SSSR count). The highest BCUT2D eigenvalue weighted by Gasteiger charge is 2.55. The van der Waals surface area contributed by atoms with Gasteiger partial charge in [0.25, 0.3) is 0 Å². The maximum atomic E-state index is 6.66. The summed E-state index contributed by atoms with van der Waals surface area (Å²) in [6.45, 7) is 9.00. The van der Waals surface area contributed by atoms with E-state index in [1.807, 2.05) is 11.9 Å². The first-order chi connectivity index (χ1) is 16.5. The Morgan fingerprint density at radius 1 is 1.06 bits per heavy atom. The predicted octanol–water partition coefficient (Wildman–Crippen LogP) is 5.00. The van der Waals surface area contributed by atoms with E-state index in [1.54, 1.807) is 0 Å². The van der Waals surface area contributed by atoms with Gasteiger partial charge < -0.3 is 4.74 Å². The number of rotatable bonds is 2. The molecule has 188 valence electrons. The number of ether oxygens (including phenoxy) is 1. The zero-order chi connectivity index (χ0) is 23.3. The lowest BCUT2D eigenvalue weighted by molar-refractivity contribution is -0.0610. The molecule has 5 fully saturated rings. The molecule has 34 heavy (non-hydrogen) atoms. The molecule has 5 unspecified atom stereocenters. The summed E-state index contributed by atoms with van der Waals surface area (Å²) >= 11 is 1.96. The number of hydrogen-bond donors (Lipinski definition) is 3. The zero-order valence-electron chi connectivity index (χ0n) is 21.3. The maximum Gasteiger partial charge on any atom is 0.123 e. The number of nitrogens with zero attached hydrogens (tertiary/aromatic N) is 1. The van der Waals surface area contributed by atoms with Crippen molar-refractivity contribution in [3.05, 3.63) is 34.9 Å². The largest absolute Gasteiger partial charge is 0.362 e. The average molecular weight is 485 g/mol. The zero-order valence-corrected chi connectivity index (χ0v) is 22.1. The van der Waals surface area contributed by atoms with Crippen LogP contribution in [-0.4, -0.2) is 47.9 Å². The van der Waals surface area contributed by atoms with Gasteiger partial charge in [-0.1, -0.05) is 36.6 Å². The van der Waals surface area contributed by atoms with Crippen LogP contribution < -0.4 is 15.4 Å². The van der Waals surface area contributed by atoms with E-state index in [2.05, 4.69) is 59.2 Å². The molecule has 0 amide bonds. The minimum Gasteiger partial charge on any atom is -0.362 e. The molecule has 1 aromatic rings. The van der Waals surface area contributed by atoms with Crippen LogP contribution >= 0.6 is 11.9 Å². The molecule has 3 N–H and O–H groups in total. The fraction of sp³-hybridized carbons (Fsp3) is 0.786. The molecule has 4 bridgehead atoms. The highest BCUT2D eigenvalue weighted by molar-refractivity contribution is 7.98. The standard InChI is InChI=1S/C28H44N4OS/c1-18-6-4-7-19(2)26(18)24-13-25-30-27(29-24)31-34-23-9-5-8-21(12-23)16-32(20(3)17-33-25)22-14-28(15-22)10-11-28/h4,6-7,20-25,27,29-31H,5,8-17H2,1-3H3/t20-,21?,23?,24?,25?,27?/m1/s1. The van der Waals surface area contributed by atoms with Crippen molar-refractivity contribution in [2.75, 3.05) is 13.2 Å². The number of nitrogens with one attached hydrogen (secondary N) is 3. The summed E-state index contributed by atoms with van der Waals surface area (Å²) in [6, 6.07) is 8.23. The van der Waals surface area contributed by atoms with Crippen molar-refractivity contribution in [2.24, 2.45) is 11.3 Å². The lowest BCUT2D eigenvalue weighted by Crippen LogP contribution is -2.61. The van der Waals surface area contributed by atoms with E-state index in [0.29, 0.717) is 17.3 Å². The van der Waals surface area contributed by atoms with E-state index in [9.17, 15) is 0 Å². The van der Waals surface area contributed by atoms with Gasteiger partial charge >= 0.3 is 0 Å². The normalized spacial score (nSPS) is 38.9. The Balaban J connectivity index is 1.21. The van der Waals surface area contributed by atoms with Gasteiger partial charge in [-0.2, -0.15) is 0 Å². The first-order valence-electron chi connectivity index (χ1n) is 13.8. The second-order valence-electron chi connectivity index (χ2n) is 12.2. The summed E-state index contributed by atoms with van der Waals surface area (Å²) in [7, 11) is 0. The monoisotopic (exact) mass is 484 g/mol. The lowest BCUT2D eigenvalue weighted by Gasteiger charge is -2.48. The smallest absolute Gasteiger partial charge is 0.123 e. The fourth-order valence-electron chi connectivity index (χ4n) is 7.32.